The van der Waals surface area contributed by atoms with E-state index >= 15 is 0 Å². The predicted octanol–water partition coefficient (Wildman–Crippen LogP) is 2.29. The summed E-state index contributed by atoms with van der Waals surface area (Å²) in [4.78, 5) is 37.9. The van der Waals surface area contributed by atoms with Gasteiger partial charge in [0.2, 0.25) is 5.91 Å². The molecule has 1 saturated heterocycles. The van der Waals surface area contributed by atoms with Crippen LogP contribution >= 0.6 is 11.3 Å². The number of hydrogen-bond acceptors (Lipinski definition) is 9. The van der Waals surface area contributed by atoms with Crippen LogP contribution < -0.4 is 15.1 Å². The smallest absolute Gasteiger partial charge is 0.275 e. The number of aryl methyl sites for hydroxylation is 1. The molecule has 3 atom stereocenters. The molecule has 1 aliphatic rings. The van der Waals surface area contributed by atoms with Gasteiger partial charge < -0.3 is 24.1 Å². The highest BCUT2D eigenvalue weighted by Gasteiger charge is 2.41. The topological polar surface area (TPSA) is 127 Å². The molecule has 0 saturated carbocycles. The summed E-state index contributed by atoms with van der Waals surface area (Å²) in [6, 6.07) is 7.87. The molecule has 3 heterocycles. The maximum Gasteiger partial charge on any atom is 0.275 e. The van der Waals surface area contributed by atoms with E-state index in [1.54, 1.807) is 35.9 Å². The number of aliphatic hydroxyl groups excluding tert-OH is 1. The van der Waals surface area contributed by atoms with E-state index in [0.717, 1.165) is 16.1 Å². The quantitative estimate of drug-likeness (QED) is 0.502. The van der Waals surface area contributed by atoms with Crippen molar-refractivity contribution in [2.45, 2.75) is 38.3 Å². The van der Waals surface area contributed by atoms with E-state index in [4.69, 9.17) is 14.1 Å². The summed E-state index contributed by atoms with van der Waals surface area (Å²) in [6.45, 7) is 3.62. The van der Waals surface area contributed by atoms with Crippen molar-refractivity contribution < 1.29 is 28.8 Å². The Hall–Kier alpha value is -3.44. The molecule has 2 aromatic heterocycles. The van der Waals surface area contributed by atoms with E-state index in [0.29, 0.717) is 11.5 Å². The maximum atomic E-state index is 13.0. The first-order valence-electron chi connectivity index (χ1n) is 10.3. The Morgan fingerprint density at radius 1 is 1.33 bits per heavy atom. The predicted molar refractivity (Wildman–Crippen MR) is 119 cm³/mol. The molecule has 1 unspecified atom stereocenters. The number of nitrogens with one attached hydrogen (secondary N) is 1. The van der Waals surface area contributed by atoms with Gasteiger partial charge in [-0.25, -0.2) is 4.98 Å². The summed E-state index contributed by atoms with van der Waals surface area (Å²) < 4.78 is 10.1. The molecule has 1 aliphatic heterocycles. The molecule has 1 fully saturated rings. The first-order chi connectivity index (χ1) is 15.9. The fraction of sp³-hybridized carbons (Fsp3) is 0.364. The second-order valence-corrected chi connectivity index (χ2v) is 8.60. The van der Waals surface area contributed by atoms with Gasteiger partial charge in [0.25, 0.3) is 11.8 Å². The Bertz CT molecular complexity index is 1130. The van der Waals surface area contributed by atoms with Crippen LogP contribution in [-0.4, -0.2) is 57.8 Å². The molecule has 10 nitrogen and oxygen atoms in total. The average molecular weight is 473 g/mol. The average Bonchev–Trinajstić information content (AvgIpc) is 3.56. The van der Waals surface area contributed by atoms with Crippen molar-refractivity contribution in [3.63, 3.8) is 0 Å². The summed E-state index contributed by atoms with van der Waals surface area (Å²) in [6.07, 6.45) is -0.708. The summed E-state index contributed by atoms with van der Waals surface area (Å²) in [7, 11) is 1.44. The molecule has 1 aromatic carbocycles. The highest BCUT2D eigenvalue weighted by atomic mass is 32.1. The van der Waals surface area contributed by atoms with Crippen LogP contribution in [0.15, 0.2) is 40.4 Å². The van der Waals surface area contributed by atoms with Crippen LogP contribution in [0.4, 0.5) is 0 Å². The number of carbonyl (C=O) groups is 2. The lowest BCUT2D eigenvalue weighted by Gasteiger charge is -2.25. The number of aromatic nitrogens is 2. The van der Waals surface area contributed by atoms with E-state index in [2.05, 4.69) is 15.6 Å². The minimum atomic E-state index is -0.876. The minimum absolute atomic E-state index is 0.0371. The summed E-state index contributed by atoms with van der Waals surface area (Å²) in [5.41, 5.74) is 6.14. The Labute approximate surface area is 194 Å². The Kier molecular flexibility index (Phi) is 6.61. The number of β-amino-alcohol motifs (C(OH)–C–C–N with tert-alkyl or cyclic N) is 1. The number of hydrogen-bond donors (Lipinski definition) is 2. The molecule has 3 aromatic rings. The van der Waals surface area contributed by atoms with Crippen molar-refractivity contribution in [1.29, 1.82) is 0 Å². The monoisotopic (exact) mass is 472 g/mol. The lowest BCUT2D eigenvalue weighted by atomic mass is 10.1. The number of carbonyl (C=O) groups excluding carboxylic acids is 2. The van der Waals surface area contributed by atoms with Gasteiger partial charge in [0.05, 0.1) is 35.2 Å². The molecular weight excluding hydrogens is 448 g/mol. The number of hydroxylamine groups is 1. The third kappa shape index (κ3) is 4.83. The summed E-state index contributed by atoms with van der Waals surface area (Å²) in [5, 5.41) is 13.8. The number of aliphatic hydroxyl groups is 1. The van der Waals surface area contributed by atoms with Crippen LogP contribution in [0, 0.1) is 6.92 Å². The number of benzene rings is 1. The van der Waals surface area contributed by atoms with Gasteiger partial charge in [-0.15, -0.1) is 11.3 Å². The van der Waals surface area contributed by atoms with E-state index < -0.39 is 24.0 Å². The van der Waals surface area contributed by atoms with Crippen molar-refractivity contribution in [2.75, 3.05) is 13.7 Å². The summed E-state index contributed by atoms with van der Waals surface area (Å²) in [5.74, 6) is -0.590. The zero-order chi connectivity index (χ0) is 23.5. The Balaban J connectivity index is 1.39. The van der Waals surface area contributed by atoms with E-state index in [-0.39, 0.29) is 24.8 Å². The number of amides is 2. The molecule has 0 radical (unpaired) electrons. The van der Waals surface area contributed by atoms with Gasteiger partial charge in [0.15, 0.2) is 11.5 Å². The van der Waals surface area contributed by atoms with Crippen LogP contribution in [0.5, 0.6) is 11.6 Å². The lowest BCUT2D eigenvalue weighted by molar-refractivity contribution is -0.142. The third-order valence-electron chi connectivity index (χ3n) is 5.51. The zero-order valence-corrected chi connectivity index (χ0v) is 19.2. The molecule has 2 N–H and O–H groups in total. The molecule has 0 aliphatic carbocycles. The lowest BCUT2D eigenvalue weighted by Crippen LogP contribution is -2.48. The van der Waals surface area contributed by atoms with Gasteiger partial charge in [0.1, 0.15) is 6.04 Å². The van der Waals surface area contributed by atoms with Crippen LogP contribution in [0.1, 0.15) is 30.7 Å². The number of likely N-dealkylation sites (tertiary alicyclic amines) is 1. The van der Waals surface area contributed by atoms with Crippen LogP contribution in [-0.2, 0) is 9.59 Å². The number of nitrogens with zero attached hydrogens (tertiary/aromatic N) is 3. The molecule has 174 valence electrons. The van der Waals surface area contributed by atoms with Crippen molar-refractivity contribution in [1.82, 2.24) is 20.5 Å². The van der Waals surface area contributed by atoms with Crippen LogP contribution in [0.3, 0.4) is 0 Å². The van der Waals surface area contributed by atoms with Gasteiger partial charge in [-0.05, 0) is 48.8 Å². The van der Waals surface area contributed by atoms with E-state index in [9.17, 15) is 14.7 Å². The van der Waals surface area contributed by atoms with Gasteiger partial charge >= 0.3 is 0 Å². The third-order valence-corrected chi connectivity index (χ3v) is 6.49. The molecule has 11 heteroatoms. The first kappa shape index (κ1) is 22.7. The second-order valence-electron chi connectivity index (χ2n) is 7.75. The molecule has 4 rings (SSSR count). The SMILES string of the molecule is COc1cc(C(C)C(=O)N2C[C@H](O)C[C@H]2C(=O)NOc2ccc(-c3scnc3C)cc2)on1. The zero-order valence-electron chi connectivity index (χ0n) is 18.3. The Morgan fingerprint density at radius 2 is 2.09 bits per heavy atom. The van der Waals surface area contributed by atoms with Crippen LogP contribution in [0.25, 0.3) is 10.4 Å². The second kappa shape index (κ2) is 9.59. The van der Waals surface area contributed by atoms with Gasteiger partial charge in [0, 0.05) is 19.0 Å². The van der Waals surface area contributed by atoms with Gasteiger partial charge in [-0.2, -0.15) is 5.48 Å². The fourth-order valence-electron chi connectivity index (χ4n) is 3.68. The van der Waals surface area contributed by atoms with Crippen molar-refractivity contribution in [3.8, 4) is 22.1 Å². The molecule has 0 spiro atoms. The van der Waals surface area contributed by atoms with Crippen molar-refractivity contribution in [2.24, 2.45) is 0 Å². The largest absolute Gasteiger partial charge is 0.479 e. The van der Waals surface area contributed by atoms with Crippen LogP contribution in [0.2, 0.25) is 0 Å². The molecule has 33 heavy (non-hydrogen) atoms. The summed E-state index contributed by atoms with van der Waals surface area (Å²) >= 11 is 1.55. The standard InChI is InChI=1S/C22H24N4O6S/c1-12(18-9-19(30-3)24-32-18)22(29)26-10-15(27)8-17(26)21(28)25-31-16-6-4-14(5-7-16)20-13(2)23-11-33-20/h4-7,9,11-12,15,17,27H,8,10H2,1-3H3,(H,25,28)/t12?,15-,17+/m1/s1. The minimum Gasteiger partial charge on any atom is -0.479 e. The molecule has 2 amide bonds. The Morgan fingerprint density at radius 3 is 2.73 bits per heavy atom. The van der Waals surface area contributed by atoms with Crippen molar-refractivity contribution >= 4 is 23.2 Å². The normalized spacial score (nSPS) is 18.7. The molecule has 0 bridgehead atoms. The number of ether oxygens (including phenoxy) is 1. The fourth-order valence-corrected chi connectivity index (χ4v) is 4.49. The number of methoxy groups -OCH3 is 1. The van der Waals surface area contributed by atoms with Gasteiger partial charge in [-0.3, -0.25) is 9.59 Å². The highest BCUT2D eigenvalue weighted by molar-refractivity contribution is 7.13. The van der Waals surface area contributed by atoms with E-state index in [1.165, 1.54) is 18.1 Å². The molecular formula is C22H24N4O6S. The first-order valence-corrected chi connectivity index (χ1v) is 11.2. The van der Waals surface area contributed by atoms with Gasteiger partial charge in [-0.1, -0.05) is 0 Å². The van der Waals surface area contributed by atoms with Crippen molar-refractivity contribution in [3.05, 3.63) is 47.3 Å². The highest BCUT2D eigenvalue weighted by Crippen LogP contribution is 2.29. The maximum absolute atomic E-state index is 13.0. The van der Waals surface area contributed by atoms with E-state index in [1.807, 2.05) is 19.1 Å². The number of thiazole rings is 1. The number of rotatable bonds is 7.